The number of halogens is 1. The molecule has 0 amide bonds. The molecule has 0 radical (unpaired) electrons. The van der Waals surface area contributed by atoms with Gasteiger partial charge in [-0.15, -0.1) is 11.3 Å². The number of hydrogen-bond acceptors (Lipinski definition) is 6. The topological polar surface area (TPSA) is 74.1 Å². The van der Waals surface area contributed by atoms with Crippen molar-refractivity contribution in [3.8, 4) is 22.2 Å². The highest BCUT2D eigenvalue weighted by Crippen LogP contribution is 2.24. The highest BCUT2D eigenvalue weighted by atomic mass is 79.9. The number of benzene rings is 1. The Hall–Kier alpha value is -2.45. The Bertz CT molecular complexity index is 1020. The van der Waals surface area contributed by atoms with E-state index in [9.17, 15) is 4.79 Å². The number of nitrogens with zero attached hydrogens (tertiary/aromatic N) is 3. The fourth-order valence-corrected chi connectivity index (χ4v) is 3.24. The second kappa shape index (κ2) is 6.21. The molecule has 6 nitrogen and oxygen atoms in total. The zero-order valence-corrected chi connectivity index (χ0v) is 14.6. The van der Waals surface area contributed by atoms with E-state index in [-0.39, 0.29) is 6.54 Å². The average molecular weight is 404 g/mol. The summed E-state index contributed by atoms with van der Waals surface area (Å²) in [6.07, 6.45) is 1.54. The first-order valence-corrected chi connectivity index (χ1v) is 8.69. The molecule has 0 fully saturated rings. The standard InChI is InChI=1S/C16H10BrN3O3S/c17-11-5-3-10(4-6-11)15-18-12(9-22-15)8-20-14(19-23-16(20)21)13-2-1-7-24-13/h1-7,9H,8H2. The van der Waals surface area contributed by atoms with E-state index in [1.54, 1.807) is 0 Å². The Morgan fingerprint density at radius 1 is 1.21 bits per heavy atom. The monoisotopic (exact) mass is 403 g/mol. The first-order chi connectivity index (χ1) is 11.7. The molecule has 0 spiro atoms. The van der Waals surface area contributed by atoms with E-state index in [4.69, 9.17) is 8.94 Å². The van der Waals surface area contributed by atoms with Gasteiger partial charge in [0, 0.05) is 10.0 Å². The van der Waals surface area contributed by atoms with Crippen molar-refractivity contribution in [1.82, 2.24) is 14.7 Å². The van der Waals surface area contributed by atoms with Crippen LogP contribution < -0.4 is 5.76 Å². The van der Waals surface area contributed by atoms with Crippen LogP contribution in [0.1, 0.15) is 5.69 Å². The lowest BCUT2D eigenvalue weighted by Gasteiger charge is -1.99. The lowest BCUT2D eigenvalue weighted by Crippen LogP contribution is -2.16. The molecule has 120 valence electrons. The quantitative estimate of drug-likeness (QED) is 0.514. The summed E-state index contributed by atoms with van der Waals surface area (Å²) in [5.74, 6) is 0.467. The van der Waals surface area contributed by atoms with Gasteiger partial charge in [0.05, 0.1) is 17.1 Å². The van der Waals surface area contributed by atoms with Crippen LogP contribution in [0.3, 0.4) is 0 Å². The van der Waals surface area contributed by atoms with Crippen molar-refractivity contribution in [2.75, 3.05) is 0 Å². The molecular formula is C16H10BrN3O3S. The molecule has 0 unspecified atom stereocenters. The molecule has 0 bridgehead atoms. The molecule has 24 heavy (non-hydrogen) atoms. The summed E-state index contributed by atoms with van der Waals surface area (Å²) in [6.45, 7) is 0.232. The number of aromatic nitrogens is 3. The van der Waals surface area contributed by atoms with Crippen LogP contribution in [0.15, 0.2) is 66.2 Å². The van der Waals surface area contributed by atoms with Gasteiger partial charge in [-0.1, -0.05) is 27.2 Å². The molecule has 0 saturated heterocycles. The third-order valence-corrected chi connectivity index (χ3v) is 4.79. The van der Waals surface area contributed by atoms with Crippen LogP contribution in [-0.4, -0.2) is 14.7 Å². The predicted molar refractivity (Wildman–Crippen MR) is 92.8 cm³/mol. The van der Waals surface area contributed by atoms with E-state index in [0.717, 1.165) is 14.9 Å². The fourth-order valence-electron chi connectivity index (χ4n) is 2.26. The van der Waals surface area contributed by atoms with Gasteiger partial charge in [-0.2, -0.15) is 0 Å². The van der Waals surface area contributed by atoms with Gasteiger partial charge >= 0.3 is 5.76 Å². The minimum atomic E-state index is -0.522. The number of hydrogen-bond donors (Lipinski definition) is 0. The van der Waals surface area contributed by atoms with Crippen LogP contribution in [0.25, 0.3) is 22.2 Å². The van der Waals surface area contributed by atoms with E-state index in [0.29, 0.717) is 17.4 Å². The lowest BCUT2D eigenvalue weighted by molar-refractivity contribution is 0.378. The minimum absolute atomic E-state index is 0.232. The van der Waals surface area contributed by atoms with Crippen molar-refractivity contribution in [2.45, 2.75) is 6.54 Å². The molecule has 0 atom stereocenters. The van der Waals surface area contributed by atoms with E-state index in [1.165, 1.54) is 22.2 Å². The zero-order chi connectivity index (χ0) is 16.5. The first kappa shape index (κ1) is 15.1. The number of thiophene rings is 1. The molecule has 4 rings (SSSR count). The molecule has 3 heterocycles. The van der Waals surface area contributed by atoms with Gasteiger partial charge in [-0.25, -0.2) is 14.3 Å². The number of rotatable bonds is 4. The molecule has 3 aromatic heterocycles. The Labute approximate surface area is 148 Å². The Balaban J connectivity index is 1.64. The largest absolute Gasteiger partial charge is 0.444 e. The van der Waals surface area contributed by atoms with Gasteiger partial charge in [-0.3, -0.25) is 4.52 Å². The third kappa shape index (κ3) is 2.85. The van der Waals surface area contributed by atoms with Crippen LogP contribution in [0.2, 0.25) is 0 Å². The molecule has 0 N–H and O–H groups in total. The highest BCUT2D eigenvalue weighted by Gasteiger charge is 2.16. The molecule has 0 saturated carbocycles. The highest BCUT2D eigenvalue weighted by molar-refractivity contribution is 9.10. The summed E-state index contributed by atoms with van der Waals surface area (Å²) in [6, 6.07) is 11.4. The third-order valence-electron chi connectivity index (χ3n) is 3.39. The Morgan fingerprint density at radius 3 is 2.79 bits per heavy atom. The van der Waals surface area contributed by atoms with E-state index in [2.05, 4.69) is 26.1 Å². The van der Waals surface area contributed by atoms with Gasteiger partial charge in [-0.05, 0) is 35.7 Å². The molecule has 4 aromatic rings. The zero-order valence-electron chi connectivity index (χ0n) is 12.2. The van der Waals surface area contributed by atoms with Gasteiger partial charge in [0.2, 0.25) is 5.89 Å². The van der Waals surface area contributed by atoms with Crippen LogP contribution in [0.5, 0.6) is 0 Å². The summed E-state index contributed by atoms with van der Waals surface area (Å²) < 4.78 is 12.7. The first-order valence-electron chi connectivity index (χ1n) is 7.01. The Morgan fingerprint density at radius 2 is 2.04 bits per heavy atom. The maximum Gasteiger partial charge on any atom is 0.442 e. The smallest absolute Gasteiger partial charge is 0.442 e. The van der Waals surface area contributed by atoms with Crippen LogP contribution in [0, 0.1) is 0 Å². The lowest BCUT2D eigenvalue weighted by atomic mass is 10.2. The van der Waals surface area contributed by atoms with Gasteiger partial charge < -0.3 is 4.42 Å². The van der Waals surface area contributed by atoms with Crippen molar-refractivity contribution in [1.29, 1.82) is 0 Å². The minimum Gasteiger partial charge on any atom is -0.444 e. The SMILES string of the molecule is O=c1onc(-c2cccs2)n1Cc1coc(-c2ccc(Br)cc2)n1. The molecule has 1 aromatic carbocycles. The molecule has 0 aliphatic carbocycles. The van der Waals surface area contributed by atoms with Crippen molar-refractivity contribution in [3.63, 3.8) is 0 Å². The maximum atomic E-state index is 11.9. The summed E-state index contributed by atoms with van der Waals surface area (Å²) in [4.78, 5) is 17.2. The molecular weight excluding hydrogens is 394 g/mol. The van der Waals surface area contributed by atoms with Crippen LogP contribution in [0.4, 0.5) is 0 Å². The number of oxazole rings is 1. The summed E-state index contributed by atoms with van der Waals surface area (Å²) in [7, 11) is 0. The van der Waals surface area contributed by atoms with Gasteiger partial charge in [0.25, 0.3) is 0 Å². The van der Waals surface area contributed by atoms with E-state index in [1.807, 2.05) is 41.8 Å². The normalized spacial score (nSPS) is 11.0. The van der Waals surface area contributed by atoms with Gasteiger partial charge in [0.1, 0.15) is 6.26 Å². The van der Waals surface area contributed by atoms with Crippen molar-refractivity contribution >= 4 is 27.3 Å². The summed E-state index contributed by atoms with van der Waals surface area (Å²) in [5, 5.41) is 5.77. The van der Waals surface area contributed by atoms with Crippen molar-refractivity contribution < 1.29 is 8.94 Å². The average Bonchev–Trinajstić information content (AvgIpc) is 3.31. The fraction of sp³-hybridized carbons (Fsp3) is 0.0625. The second-order valence-corrected chi connectivity index (χ2v) is 6.85. The van der Waals surface area contributed by atoms with Crippen LogP contribution in [-0.2, 0) is 6.54 Å². The second-order valence-electron chi connectivity index (χ2n) is 4.99. The van der Waals surface area contributed by atoms with Gasteiger partial charge in [0.15, 0.2) is 5.82 Å². The summed E-state index contributed by atoms with van der Waals surface area (Å²) in [5.41, 5.74) is 1.48. The molecule has 8 heteroatoms. The molecule has 0 aliphatic rings. The maximum absolute atomic E-state index is 11.9. The van der Waals surface area contributed by atoms with Crippen molar-refractivity contribution in [3.05, 3.63) is 68.8 Å². The van der Waals surface area contributed by atoms with Crippen LogP contribution >= 0.6 is 27.3 Å². The van der Waals surface area contributed by atoms with E-state index < -0.39 is 5.76 Å². The predicted octanol–water partition coefficient (Wildman–Crippen LogP) is 4.03. The Kier molecular flexibility index (Phi) is 3.91. The molecule has 0 aliphatic heterocycles. The summed E-state index contributed by atoms with van der Waals surface area (Å²) >= 11 is 4.88. The van der Waals surface area contributed by atoms with Crippen molar-refractivity contribution in [2.24, 2.45) is 0 Å². The van der Waals surface area contributed by atoms with E-state index >= 15 is 0 Å².